The first-order chi connectivity index (χ1) is 9.50. The smallest absolute Gasteiger partial charge is 0.306 e. The fourth-order valence-corrected chi connectivity index (χ4v) is 2.88. The van der Waals surface area contributed by atoms with Gasteiger partial charge in [0.05, 0.1) is 11.5 Å². The highest BCUT2D eigenvalue weighted by Crippen LogP contribution is 2.31. The van der Waals surface area contributed by atoms with Crippen molar-refractivity contribution in [2.75, 3.05) is 32.7 Å². The third kappa shape index (κ3) is 5.77. The van der Waals surface area contributed by atoms with Crippen LogP contribution in [0, 0.1) is 5.92 Å². The lowest BCUT2D eigenvalue weighted by Gasteiger charge is -2.35. The van der Waals surface area contributed by atoms with E-state index in [1.807, 2.05) is 0 Å². The zero-order valence-electron chi connectivity index (χ0n) is 12.9. The van der Waals surface area contributed by atoms with Crippen molar-refractivity contribution < 1.29 is 15.0 Å². The Morgan fingerprint density at radius 1 is 1.30 bits per heavy atom. The maximum atomic E-state index is 10.9. The van der Waals surface area contributed by atoms with Crippen LogP contribution < -0.4 is 5.32 Å². The molecule has 0 atom stereocenters. The molecule has 1 rings (SSSR count). The lowest BCUT2D eigenvalue weighted by atomic mass is 9.79. The fourth-order valence-electron chi connectivity index (χ4n) is 2.88. The van der Waals surface area contributed by atoms with Gasteiger partial charge in [-0.1, -0.05) is 13.8 Å². The molecule has 0 aromatic carbocycles. The van der Waals surface area contributed by atoms with Crippen LogP contribution >= 0.6 is 0 Å². The Labute approximate surface area is 122 Å². The molecule has 0 aromatic heterocycles. The molecule has 1 saturated carbocycles. The van der Waals surface area contributed by atoms with Crippen LogP contribution in [-0.4, -0.2) is 59.4 Å². The summed E-state index contributed by atoms with van der Waals surface area (Å²) in [5, 5.41) is 22.7. The first kappa shape index (κ1) is 17.4. The molecular weight excluding hydrogens is 256 g/mol. The number of rotatable bonds is 9. The molecule has 0 spiro atoms. The van der Waals surface area contributed by atoms with Gasteiger partial charge in [-0.25, -0.2) is 0 Å². The molecule has 0 heterocycles. The van der Waals surface area contributed by atoms with E-state index in [9.17, 15) is 9.90 Å². The molecule has 5 nitrogen and oxygen atoms in total. The van der Waals surface area contributed by atoms with Crippen molar-refractivity contribution in [1.82, 2.24) is 10.2 Å². The Bertz CT molecular complexity index is 289. The minimum Gasteiger partial charge on any atom is -0.481 e. The summed E-state index contributed by atoms with van der Waals surface area (Å²) in [5.74, 6) is -0.992. The molecule has 0 unspecified atom stereocenters. The summed E-state index contributed by atoms with van der Waals surface area (Å²) in [4.78, 5) is 13.3. The van der Waals surface area contributed by atoms with Crippen molar-refractivity contribution in [2.45, 2.75) is 51.6 Å². The van der Waals surface area contributed by atoms with Crippen molar-refractivity contribution in [3.8, 4) is 0 Å². The lowest BCUT2D eigenvalue weighted by molar-refractivity contribution is -0.144. The van der Waals surface area contributed by atoms with Gasteiger partial charge in [-0.3, -0.25) is 4.79 Å². The number of aliphatic hydroxyl groups is 1. The molecule has 20 heavy (non-hydrogen) atoms. The number of hydrogen-bond acceptors (Lipinski definition) is 4. The molecule has 0 aromatic rings. The monoisotopic (exact) mass is 286 g/mol. The van der Waals surface area contributed by atoms with Crippen LogP contribution in [0.3, 0.4) is 0 Å². The summed E-state index contributed by atoms with van der Waals surface area (Å²) in [7, 11) is 0. The Morgan fingerprint density at radius 2 is 1.95 bits per heavy atom. The number of hydrogen-bond donors (Lipinski definition) is 3. The van der Waals surface area contributed by atoms with Gasteiger partial charge in [0.1, 0.15) is 0 Å². The molecule has 0 radical (unpaired) electrons. The number of nitrogens with one attached hydrogen (secondary N) is 1. The largest absolute Gasteiger partial charge is 0.481 e. The molecule has 118 valence electrons. The molecular formula is C15H30N2O3. The van der Waals surface area contributed by atoms with E-state index < -0.39 is 11.6 Å². The number of aliphatic carboxylic acids is 1. The van der Waals surface area contributed by atoms with Gasteiger partial charge in [0.15, 0.2) is 0 Å². The highest BCUT2D eigenvalue weighted by Gasteiger charge is 2.35. The van der Waals surface area contributed by atoms with Crippen LogP contribution in [-0.2, 0) is 4.79 Å². The summed E-state index contributed by atoms with van der Waals surface area (Å²) in [6.45, 7) is 8.96. The lowest BCUT2D eigenvalue weighted by Crippen LogP contribution is -2.46. The molecule has 0 aliphatic heterocycles. The van der Waals surface area contributed by atoms with Crippen LogP contribution in [0.5, 0.6) is 0 Å². The van der Waals surface area contributed by atoms with Crippen molar-refractivity contribution in [3.63, 3.8) is 0 Å². The minimum atomic E-state index is -0.724. The van der Waals surface area contributed by atoms with E-state index in [1.165, 1.54) is 0 Å². The van der Waals surface area contributed by atoms with Crippen molar-refractivity contribution in [2.24, 2.45) is 5.92 Å². The van der Waals surface area contributed by atoms with E-state index in [2.05, 4.69) is 24.1 Å². The van der Waals surface area contributed by atoms with Gasteiger partial charge in [-0.05, 0) is 45.2 Å². The Morgan fingerprint density at radius 3 is 2.45 bits per heavy atom. The van der Waals surface area contributed by atoms with Gasteiger partial charge < -0.3 is 20.4 Å². The summed E-state index contributed by atoms with van der Waals surface area (Å²) < 4.78 is 0. The number of carboxylic acids is 1. The Balaban J connectivity index is 2.20. The van der Waals surface area contributed by atoms with Gasteiger partial charge in [-0.15, -0.1) is 0 Å². The van der Waals surface area contributed by atoms with Gasteiger partial charge >= 0.3 is 5.97 Å². The molecule has 1 aliphatic carbocycles. The summed E-state index contributed by atoms with van der Waals surface area (Å²) in [6, 6.07) is 0. The van der Waals surface area contributed by atoms with E-state index in [0.29, 0.717) is 32.2 Å². The third-order valence-corrected chi connectivity index (χ3v) is 4.31. The third-order valence-electron chi connectivity index (χ3n) is 4.31. The maximum absolute atomic E-state index is 10.9. The van der Waals surface area contributed by atoms with Crippen LogP contribution in [0.25, 0.3) is 0 Å². The Hall–Kier alpha value is -0.650. The molecule has 1 fully saturated rings. The van der Waals surface area contributed by atoms with E-state index in [4.69, 9.17) is 5.11 Å². The molecule has 0 amide bonds. The normalized spacial score (nSPS) is 26.9. The van der Waals surface area contributed by atoms with Gasteiger partial charge in [0, 0.05) is 19.6 Å². The molecule has 1 aliphatic rings. The van der Waals surface area contributed by atoms with Crippen LogP contribution in [0.15, 0.2) is 0 Å². The SMILES string of the molecule is CCCN(CC)CCNCC1(O)CCC(C(=O)O)CC1. The number of nitrogens with zero attached hydrogens (tertiary/aromatic N) is 1. The van der Waals surface area contributed by atoms with E-state index in [-0.39, 0.29) is 5.92 Å². The Kier molecular flexibility index (Phi) is 7.48. The zero-order chi connectivity index (χ0) is 15.0. The average molecular weight is 286 g/mol. The van der Waals surface area contributed by atoms with E-state index in [0.717, 1.165) is 32.6 Å². The highest BCUT2D eigenvalue weighted by atomic mass is 16.4. The quantitative estimate of drug-likeness (QED) is 0.557. The predicted octanol–water partition coefficient (Wildman–Crippen LogP) is 1.31. The molecule has 0 bridgehead atoms. The highest BCUT2D eigenvalue weighted by molar-refractivity contribution is 5.70. The molecule has 0 saturated heterocycles. The second-order valence-corrected chi connectivity index (χ2v) is 5.95. The first-order valence-corrected chi connectivity index (χ1v) is 7.89. The van der Waals surface area contributed by atoms with E-state index >= 15 is 0 Å². The number of likely N-dealkylation sites (N-methyl/N-ethyl adjacent to an activating group) is 1. The second-order valence-electron chi connectivity index (χ2n) is 5.95. The van der Waals surface area contributed by atoms with Crippen molar-refractivity contribution >= 4 is 5.97 Å². The van der Waals surface area contributed by atoms with Gasteiger partial charge in [0.25, 0.3) is 0 Å². The number of carbonyl (C=O) groups is 1. The minimum absolute atomic E-state index is 0.268. The summed E-state index contributed by atoms with van der Waals surface area (Å²) in [6.07, 6.45) is 3.51. The zero-order valence-corrected chi connectivity index (χ0v) is 12.9. The van der Waals surface area contributed by atoms with Crippen LogP contribution in [0.2, 0.25) is 0 Å². The summed E-state index contributed by atoms with van der Waals surface area (Å²) >= 11 is 0. The maximum Gasteiger partial charge on any atom is 0.306 e. The average Bonchev–Trinajstić information content (AvgIpc) is 2.42. The van der Waals surface area contributed by atoms with Crippen LogP contribution in [0.1, 0.15) is 46.0 Å². The predicted molar refractivity (Wildman–Crippen MR) is 79.8 cm³/mol. The second kappa shape index (κ2) is 8.60. The van der Waals surface area contributed by atoms with Gasteiger partial charge in [-0.2, -0.15) is 0 Å². The van der Waals surface area contributed by atoms with Crippen molar-refractivity contribution in [1.29, 1.82) is 0 Å². The number of carboxylic acid groups (broad SMARTS) is 1. The first-order valence-electron chi connectivity index (χ1n) is 7.89. The molecule has 5 heteroatoms. The van der Waals surface area contributed by atoms with Crippen LogP contribution in [0.4, 0.5) is 0 Å². The standard InChI is InChI=1S/C15H30N2O3/c1-3-10-17(4-2)11-9-16-12-15(20)7-5-13(6-8-15)14(18)19/h13,16,20H,3-12H2,1-2H3,(H,18,19). The topological polar surface area (TPSA) is 72.8 Å². The van der Waals surface area contributed by atoms with Crippen molar-refractivity contribution in [3.05, 3.63) is 0 Å². The fraction of sp³-hybridized carbons (Fsp3) is 0.933. The summed E-state index contributed by atoms with van der Waals surface area (Å²) in [5.41, 5.74) is -0.715. The van der Waals surface area contributed by atoms with E-state index in [1.54, 1.807) is 0 Å². The van der Waals surface area contributed by atoms with Gasteiger partial charge in [0.2, 0.25) is 0 Å². The molecule has 3 N–H and O–H groups in total.